The summed E-state index contributed by atoms with van der Waals surface area (Å²) in [5.74, 6) is -0.571. The molecule has 10 heteroatoms. The molecule has 1 rings (SSSR count). The molecule has 2 amide bonds. The summed E-state index contributed by atoms with van der Waals surface area (Å²) in [6.45, 7) is 11.8. The summed E-state index contributed by atoms with van der Waals surface area (Å²) in [6, 6.07) is 7.38. The van der Waals surface area contributed by atoms with Gasteiger partial charge < -0.3 is 35.1 Å². The van der Waals surface area contributed by atoms with Gasteiger partial charge >= 0.3 is 18.2 Å². The van der Waals surface area contributed by atoms with E-state index < -0.39 is 24.3 Å². The van der Waals surface area contributed by atoms with Crippen LogP contribution in [0.25, 0.3) is 0 Å². The van der Waals surface area contributed by atoms with Crippen LogP contribution >= 0.6 is 0 Å². The standard InChI is InChI=1S/C24H34N2O7.H2O/c1-5-12-30-16-20(6-2)32-23(28)25-14-18-10-9-11-19(13-18)15-26-24(29)33-21(7-3)17-31-22(27)8-4;/h5,8-11,13,20-21H,1,4,6-7,12,14-17H2,2-3H3,(H,25,28)(H,26,29);1H2. The van der Waals surface area contributed by atoms with Gasteiger partial charge in [-0.05, 0) is 24.0 Å². The van der Waals surface area contributed by atoms with Gasteiger partial charge in [0.2, 0.25) is 0 Å². The zero-order valence-corrected chi connectivity index (χ0v) is 19.8. The number of rotatable bonds is 15. The number of nitrogens with one attached hydrogen (secondary N) is 2. The molecule has 4 N–H and O–H groups in total. The predicted octanol–water partition coefficient (Wildman–Crippen LogP) is 2.80. The van der Waals surface area contributed by atoms with Gasteiger partial charge in [0.1, 0.15) is 18.8 Å². The third kappa shape index (κ3) is 13.2. The first kappa shape index (κ1) is 30.6. The summed E-state index contributed by atoms with van der Waals surface area (Å²) >= 11 is 0. The Morgan fingerprint density at radius 1 is 0.941 bits per heavy atom. The Kier molecular flexibility index (Phi) is 16.3. The van der Waals surface area contributed by atoms with Crippen LogP contribution in [0.1, 0.15) is 37.8 Å². The monoisotopic (exact) mass is 480 g/mol. The zero-order chi connectivity index (χ0) is 24.5. The summed E-state index contributed by atoms with van der Waals surface area (Å²) in [5, 5.41) is 5.37. The lowest BCUT2D eigenvalue weighted by Gasteiger charge is -2.17. The molecule has 0 bridgehead atoms. The molecule has 2 unspecified atom stereocenters. The lowest BCUT2D eigenvalue weighted by molar-refractivity contribution is -0.140. The largest absolute Gasteiger partial charge is 0.459 e. The Hall–Kier alpha value is -3.37. The molecule has 0 radical (unpaired) electrons. The minimum Gasteiger partial charge on any atom is -0.459 e. The number of esters is 1. The van der Waals surface area contributed by atoms with E-state index in [-0.39, 0.29) is 31.3 Å². The molecular weight excluding hydrogens is 444 g/mol. The van der Waals surface area contributed by atoms with Crippen molar-refractivity contribution >= 4 is 18.2 Å². The average Bonchev–Trinajstić information content (AvgIpc) is 2.83. The second kappa shape index (κ2) is 18.1. The van der Waals surface area contributed by atoms with Crippen molar-refractivity contribution in [3.63, 3.8) is 0 Å². The van der Waals surface area contributed by atoms with Crippen LogP contribution in [0.2, 0.25) is 0 Å². The Labute approximate surface area is 200 Å². The van der Waals surface area contributed by atoms with Gasteiger partial charge in [-0.25, -0.2) is 14.4 Å². The molecule has 0 aliphatic rings. The predicted molar refractivity (Wildman–Crippen MR) is 127 cm³/mol. The van der Waals surface area contributed by atoms with Gasteiger partial charge in [-0.3, -0.25) is 0 Å². The Bertz CT molecular complexity index is 784. The molecule has 0 aromatic heterocycles. The Morgan fingerprint density at radius 2 is 1.47 bits per heavy atom. The van der Waals surface area contributed by atoms with Crippen molar-refractivity contribution in [2.45, 2.75) is 52.0 Å². The van der Waals surface area contributed by atoms with E-state index in [1.165, 1.54) is 0 Å². The van der Waals surface area contributed by atoms with E-state index in [1.807, 2.05) is 38.1 Å². The lowest BCUT2D eigenvalue weighted by atomic mass is 10.1. The molecule has 1 aromatic carbocycles. The van der Waals surface area contributed by atoms with Crippen LogP contribution < -0.4 is 10.6 Å². The fourth-order valence-electron chi connectivity index (χ4n) is 2.57. The van der Waals surface area contributed by atoms with Crippen LogP contribution in [-0.2, 0) is 36.8 Å². The third-order valence-electron chi connectivity index (χ3n) is 4.44. The number of carbonyl (C=O) groups is 3. The van der Waals surface area contributed by atoms with E-state index in [2.05, 4.69) is 23.8 Å². The highest BCUT2D eigenvalue weighted by Crippen LogP contribution is 2.07. The van der Waals surface area contributed by atoms with Gasteiger partial charge in [-0.1, -0.05) is 50.8 Å². The van der Waals surface area contributed by atoms with Crippen molar-refractivity contribution in [1.82, 2.24) is 10.6 Å². The van der Waals surface area contributed by atoms with E-state index in [4.69, 9.17) is 18.9 Å². The number of hydrogen-bond acceptors (Lipinski definition) is 7. The summed E-state index contributed by atoms with van der Waals surface area (Å²) < 4.78 is 20.8. The molecule has 1 aromatic rings. The highest BCUT2D eigenvalue weighted by atomic mass is 16.6. The third-order valence-corrected chi connectivity index (χ3v) is 4.44. The fourth-order valence-corrected chi connectivity index (χ4v) is 2.57. The van der Waals surface area contributed by atoms with Crippen molar-refractivity contribution in [2.75, 3.05) is 19.8 Å². The summed E-state index contributed by atoms with van der Waals surface area (Å²) in [7, 11) is 0. The van der Waals surface area contributed by atoms with Gasteiger partial charge in [-0.2, -0.15) is 0 Å². The zero-order valence-electron chi connectivity index (χ0n) is 19.8. The van der Waals surface area contributed by atoms with Crippen LogP contribution in [0, 0.1) is 0 Å². The van der Waals surface area contributed by atoms with Crippen LogP contribution in [0.15, 0.2) is 49.6 Å². The molecule has 0 fully saturated rings. The second-order valence-electron chi connectivity index (χ2n) is 7.06. The highest BCUT2D eigenvalue weighted by molar-refractivity contribution is 5.81. The number of hydrogen-bond donors (Lipinski definition) is 2. The van der Waals surface area contributed by atoms with E-state index in [1.54, 1.807) is 6.08 Å². The Morgan fingerprint density at radius 3 is 1.94 bits per heavy atom. The summed E-state index contributed by atoms with van der Waals surface area (Å²) in [5.41, 5.74) is 1.67. The smallest absolute Gasteiger partial charge is 0.407 e. The number of alkyl carbamates (subject to hydrolysis) is 2. The molecule has 34 heavy (non-hydrogen) atoms. The second-order valence-corrected chi connectivity index (χ2v) is 7.06. The molecule has 190 valence electrons. The van der Waals surface area contributed by atoms with Crippen molar-refractivity contribution in [3.05, 3.63) is 60.7 Å². The summed E-state index contributed by atoms with van der Waals surface area (Å²) in [6.07, 6.45) is 1.79. The lowest BCUT2D eigenvalue weighted by Crippen LogP contribution is -2.31. The number of carbonyl (C=O) groups excluding carboxylic acids is 3. The van der Waals surface area contributed by atoms with E-state index in [0.717, 1.165) is 17.2 Å². The molecule has 10 nitrogen and oxygen atoms in total. The summed E-state index contributed by atoms with van der Waals surface area (Å²) in [4.78, 5) is 35.2. The number of ether oxygens (including phenoxy) is 4. The SMILES string of the molecule is C=CCOCC(CC)OC(=O)NCc1cccc(CNC(=O)OC(CC)COC(=O)C=C)c1.O. The van der Waals surface area contributed by atoms with Gasteiger partial charge in [0.25, 0.3) is 0 Å². The van der Waals surface area contributed by atoms with Crippen LogP contribution in [0.3, 0.4) is 0 Å². The van der Waals surface area contributed by atoms with Gasteiger partial charge in [0.05, 0.1) is 13.2 Å². The molecular formula is C24H36N2O8. The van der Waals surface area contributed by atoms with Crippen molar-refractivity contribution < 1.29 is 38.8 Å². The Balaban J connectivity index is 0.0000109. The normalized spacial score (nSPS) is 11.7. The first-order valence-electron chi connectivity index (χ1n) is 10.9. The highest BCUT2D eigenvalue weighted by Gasteiger charge is 2.15. The topological polar surface area (TPSA) is 144 Å². The van der Waals surface area contributed by atoms with Crippen LogP contribution in [-0.4, -0.2) is 55.7 Å². The maximum Gasteiger partial charge on any atom is 0.407 e. The van der Waals surface area contributed by atoms with Gasteiger partial charge in [0.15, 0.2) is 0 Å². The van der Waals surface area contributed by atoms with Crippen molar-refractivity contribution in [2.24, 2.45) is 0 Å². The molecule has 0 aliphatic heterocycles. The number of amides is 2. The molecule has 0 spiro atoms. The first-order valence-corrected chi connectivity index (χ1v) is 10.9. The van der Waals surface area contributed by atoms with Crippen LogP contribution in [0.5, 0.6) is 0 Å². The number of benzene rings is 1. The van der Waals surface area contributed by atoms with Gasteiger partial charge in [0, 0.05) is 19.2 Å². The minimum absolute atomic E-state index is 0. The average molecular weight is 481 g/mol. The maximum absolute atomic E-state index is 12.0. The van der Waals surface area contributed by atoms with E-state index >= 15 is 0 Å². The molecule has 0 heterocycles. The van der Waals surface area contributed by atoms with Crippen molar-refractivity contribution in [3.8, 4) is 0 Å². The molecule has 0 aliphatic carbocycles. The van der Waals surface area contributed by atoms with Crippen LogP contribution in [0.4, 0.5) is 9.59 Å². The van der Waals surface area contributed by atoms with E-state index in [0.29, 0.717) is 26.1 Å². The fraction of sp³-hybridized carbons (Fsp3) is 0.458. The maximum atomic E-state index is 12.0. The first-order chi connectivity index (χ1) is 15.9. The van der Waals surface area contributed by atoms with Gasteiger partial charge in [-0.15, -0.1) is 6.58 Å². The molecule has 2 atom stereocenters. The molecule has 0 saturated heterocycles. The molecule has 0 saturated carbocycles. The minimum atomic E-state index is -0.618. The van der Waals surface area contributed by atoms with Crippen molar-refractivity contribution in [1.29, 1.82) is 0 Å². The quantitative estimate of drug-likeness (QED) is 0.129. The van der Waals surface area contributed by atoms with E-state index in [9.17, 15) is 14.4 Å².